The molecule has 4 rings (SSSR count). The SMILES string of the molecule is N#Cc1ccc(CN2CCCN(c3nccc(Oc4ccc(F)cc4)n3)CC2)cc1. The third-order valence-electron chi connectivity index (χ3n) is 5.01. The third-order valence-corrected chi connectivity index (χ3v) is 5.01. The highest BCUT2D eigenvalue weighted by Crippen LogP contribution is 2.22. The van der Waals surface area contributed by atoms with E-state index in [9.17, 15) is 4.39 Å². The van der Waals surface area contributed by atoms with Crippen LogP contribution in [-0.4, -0.2) is 41.0 Å². The normalized spacial score (nSPS) is 14.7. The Hall–Kier alpha value is -3.50. The van der Waals surface area contributed by atoms with Crippen LogP contribution in [0.1, 0.15) is 17.5 Å². The second-order valence-electron chi connectivity index (χ2n) is 7.18. The van der Waals surface area contributed by atoms with Gasteiger partial charge in [-0.2, -0.15) is 10.2 Å². The van der Waals surface area contributed by atoms with Crippen molar-refractivity contribution in [1.29, 1.82) is 5.26 Å². The van der Waals surface area contributed by atoms with Crippen LogP contribution in [0.25, 0.3) is 0 Å². The monoisotopic (exact) mass is 403 g/mol. The summed E-state index contributed by atoms with van der Waals surface area (Å²) in [5.41, 5.74) is 1.88. The van der Waals surface area contributed by atoms with E-state index in [1.165, 1.54) is 17.7 Å². The third kappa shape index (κ3) is 5.10. The molecule has 0 bridgehead atoms. The predicted octanol–water partition coefficient (Wildman–Crippen LogP) is 3.99. The molecule has 1 saturated heterocycles. The lowest BCUT2D eigenvalue weighted by Gasteiger charge is -2.22. The van der Waals surface area contributed by atoms with Gasteiger partial charge in [0.25, 0.3) is 0 Å². The Balaban J connectivity index is 1.38. The maximum absolute atomic E-state index is 13.1. The quantitative estimate of drug-likeness (QED) is 0.642. The first-order chi connectivity index (χ1) is 14.7. The highest BCUT2D eigenvalue weighted by Gasteiger charge is 2.18. The van der Waals surface area contributed by atoms with Crippen LogP contribution < -0.4 is 9.64 Å². The fraction of sp³-hybridized carbons (Fsp3) is 0.261. The van der Waals surface area contributed by atoms with E-state index in [4.69, 9.17) is 10.00 Å². The van der Waals surface area contributed by atoms with Crippen molar-refractivity contribution in [3.05, 3.63) is 77.7 Å². The molecular formula is C23H22FN5O. The topological polar surface area (TPSA) is 65.3 Å². The number of hydrogen-bond donors (Lipinski definition) is 0. The highest BCUT2D eigenvalue weighted by atomic mass is 19.1. The molecule has 2 aromatic carbocycles. The molecule has 1 fully saturated rings. The van der Waals surface area contributed by atoms with Gasteiger partial charge in [0.05, 0.1) is 11.6 Å². The summed E-state index contributed by atoms with van der Waals surface area (Å²) in [6.07, 6.45) is 2.68. The van der Waals surface area contributed by atoms with Crippen molar-refractivity contribution in [2.75, 3.05) is 31.1 Å². The molecule has 0 unspecified atom stereocenters. The van der Waals surface area contributed by atoms with E-state index < -0.39 is 0 Å². The molecule has 152 valence electrons. The maximum Gasteiger partial charge on any atom is 0.228 e. The fourth-order valence-corrected chi connectivity index (χ4v) is 3.44. The molecule has 1 aromatic heterocycles. The molecule has 6 nitrogen and oxygen atoms in total. The summed E-state index contributed by atoms with van der Waals surface area (Å²) in [6.45, 7) is 4.42. The van der Waals surface area contributed by atoms with Crippen molar-refractivity contribution >= 4 is 5.95 Å². The molecular weight excluding hydrogens is 381 g/mol. The summed E-state index contributed by atoms with van der Waals surface area (Å²) in [7, 11) is 0. The Labute approximate surface area is 175 Å². The van der Waals surface area contributed by atoms with E-state index >= 15 is 0 Å². The molecule has 3 aromatic rings. The van der Waals surface area contributed by atoms with E-state index in [-0.39, 0.29) is 5.82 Å². The lowest BCUT2D eigenvalue weighted by molar-refractivity contribution is 0.285. The minimum Gasteiger partial charge on any atom is -0.439 e. The van der Waals surface area contributed by atoms with Crippen molar-refractivity contribution in [2.24, 2.45) is 0 Å². The minimum atomic E-state index is -0.305. The number of aromatic nitrogens is 2. The predicted molar refractivity (Wildman–Crippen MR) is 112 cm³/mol. The largest absolute Gasteiger partial charge is 0.439 e. The molecule has 0 amide bonds. The number of halogens is 1. The fourth-order valence-electron chi connectivity index (χ4n) is 3.44. The molecule has 0 spiro atoms. The Morgan fingerprint density at radius 3 is 2.53 bits per heavy atom. The summed E-state index contributed by atoms with van der Waals surface area (Å²) in [6, 6.07) is 17.5. The van der Waals surface area contributed by atoms with Gasteiger partial charge >= 0.3 is 0 Å². The van der Waals surface area contributed by atoms with Crippen molar-refractivity contribution < 1.29 is 9.13 Å². The molecule has 0 N–H and O–H groups in total. The van der Waals surface area contributed by atoms with E-state index in [0.29, 0.717) is 23.1 Å². The zero-order valence-electron chi connectivity index (χ0n) is 16.5. The van der Waals surface area contributed by atoms with Crippen LogP contribution in [0.5, 0.6) is 11.6 Å². The second-order valence-corrected chi connectivity index (χ2v) is 7.18. The van der Waals surface area contributed by atoms with Gasteiger partial charge in [-0.25, -0.2) is 9.37 Å². The molecule has 0 radical (unpaired) electrons. The Kier molecular flexibility index (Phi) is 6.16. The summed E-state index contributed by atoms with van der Waals surface area (Å²) in [5, 5.41) is 8.94. The average molecular weight is 403 g/mol. The van der Waals surface area contributed by atoms with Crippen molar-refractivity contribution in [3.63, 3.8) is 0 Å². The van der Waals surface area contributed by atoms with Crippen LogP contribution in [0.4, 0.5) is 10.3 Å². The van der Waals surface area contributed by atoms with Gasteiger partial charge in [0.15, 0.2) is 0 Å². The van der Waals surface area contributed by atoms with Crippen LogP contribution in [-0.2, 0) is 6.54 Å². The van der Waals surface area contributed by atoms with Crippen LogP contribution >= 0.6 is 0 Å². The van der Waals surface area contributed by atoms with Gasteiger partial charge in [0.1, 0.15) is 11.6 Å². The first-order valence-electron chi connectivity index (χ1n) is 9.92. The molecule has 30 heavy (non-hydrogen) atoms. The standard InChI is InChI=1S/C23H22FN5O/c24-20-6-8-21(9-7-20)30-22-10-11-26-23(27-22)29-13-1-12-28(14-15-29)17-19-4-2-18(16-25)3-5-19/h2-11H,1,12-15,17H2. The molecule has 1 aliphatic rings. The van der Waals surface area contributed by atoms with E-state index in [2.05, 4.69) is 25.8 Å². The number of anilines is 1. The second kappa shape index (κ2) is 9.33. The highest BCUT2D eigenvalue weighted by molar-refractivity contribution is 5.35. The van der Waals surface area contributed by atoms with Gasteiger partial charge in [-0.05, 0) is 48.4 Å². The molecule has 2 heterocycles. The zero-order chi connectivity index (χ0) is 20.8. The maximum atomic E-state index is 13.1. The van der Waals surface area contributed by atoms with Crippen LogP contribution in [0.3, 0.4) is 0 Å². The van der Waals surface area contributed by atoms with Crippen molar-refractivity contribution in [1.82, 2.24) is 14.9 Å². The summed E-state index contributed by atoms with van der Waals surface area (Å²) in [5.74, 6) is 1.30. The molecule has 7 heteroatoms. The van der Waals surface area contributed by atoms with Gasteiger partial charge in [-0.15, -0.1) is 0 Å². The first kappa shape index (κ1) is 19.8. The number of nitrogens with zero attached hydrogens (tertiary/aromatic N) is 5. The lowest BCUT2D eigenvalue weighted by Crippen LogP contribution is -2.31. The van der Waals surface area contributed by atoms with E-state index in [1.54, 1.807) is 24.4 Å². The number of benzene rings is 2. The van der Waals surface area contributed by atoms with Crippen molar-refractivity contribution in [2.45, 2.75) is 13.0 Å². The molecule has 1 aliphatic heterocycles. The van der Waals surface area contributed by atoms with Gasteiger partial charge in [0.2, 0.25) is 11.8 Å². The van der Waals surface area contributed by atoms with E-state index in [1.807, 2.05) is 24.3 Å². The number of ether oxygens (including phenoxy) is 1. The van der Waals surface area contributed by atoms with Crippen LogP contribution in [0, 0.1) is 17.1 Å². The number of rotatable bonds is 5. The summed E-state index contributed by atoms with van der Waals surface area (Å²) in [4.78, 5) is 13.5. The number of hydrogen-bond acceptors (Lipinski definition) is 6. The molecule has 0 atom stereocenters. The van der Waals surface area contributed by atoms with Gasteiger partial charge in [-0.3, -0.25) is 4.90 Å². The molecule has 0 aliphatic carbocycles. The first-order valence-corrected chi connectivity index (χ1v) is 9.92. The Morgan fingerprint density at radius 1 is 0.967 bits per heavy atom. The van der Waals surface area contributed by atoms with Gasteiger partial charge in [0, 0.05) is 45.0 Å². The van der Waals surface area contributed by atoms with Crippen LogP contribution in [0.15, 0.2) is 60.8 Å². The van der Waals surface area contributed by atoms with Crippen LogP contribution in [0.2, 0.25) is 0 Å². The lowest BCUT2D eigenvalue weighted by atomic mass is 10.1. The van der Waals surface area contributed by atoms with Crippen molar-refractivity contribution in [3.8, 4) is 17.7 Å². The zero-order valence-corrected chi connectivity index (χ0v) is 16.5. The minimum absolute atomic E-state index is 0.305. The molecule has 0 saturated carbocycles. The summed E-state index contributed by atoms with van der Waals surface area (Å²) >= 11 is 0. The average Bonchev–Trinajstić information content (AvgIpc) is 3.02. The summed E-state index contributed by atoms with van der Waals surface area (Å²) < 4.78 is 18.8. The van der Waals surface area contributed by atoms with E-state index in [0.717, 1.165) is 39.1 Å². The van der Waals surface area contributed by atoms with Gasteiger partial charge < -0.3 is 9.64 Å². The smallest absolute Gasteiger partial charge is 0.228 e. The Morgan fingerprint density at radius 2 is 1.77 bits per heavy atom. The Bertz CT molecular complexity index is 1020. The number of nitriles is 1. The van der Waals surface area contributed by atoms with Gasteiger partial charge in [-0.1, -0.05) is 12.1 Å².